The molecular weight excluding hydrogens is 228 g/mol. The molecule has 0 aliphatic rings. The summed E-state index contributed by atoms with van der Waals surface area (Å²) in [5.41, 5.74) is 0.333. The Balaban J connectivity index is 2.76. The van der Waals surface area contributed by atoms with Gasteiger partial charge < -0.3 is 10.3 Å². The first-order valence-corrected chi connectivity index (χ1v) is 5.40. The van der Waals surface area contributed by atoms with E-state index in [1.165, 1.54) is 17.4 Å². The summed E-state index contributed by atoms with van der Waals surface area (Å²) < 4.78 is 0. The number of hydrogen-bond acceptors (Lipinski definition) is 4. The second-order valence-corrected chi connectivity index (χ2v) is 3.92. The first-order chi connectivity index (χ1) is 7.69. The summed E-state index contributed by atoms with van der Waals surface area (Å²) >= 11 is 1.39. The molecule has 1 rings (SSSR count). The quantitative estimate of drug-likeness (QED) is 0.358. The fourth-order valence-electron chi connectivity index (χ4n) is 1.15. The second-order valence-electron chi connectivity index (χ2n) is 2.98. The number of thiophene rings is 1. The highest BCUT2D eigenvalue weighted by molar-refractivity contribution is 7.12. The lowest BCUT2D eigenvalue weighted by Gasteiger charge is -2.16. The second kappa shape index (κ2) is 5.92. The van der Waals surface area contributed by atoms with Crippen molar-refractivity contribution in [3.8, 4) is 0 Å². The van der Waals surface area contributed by atoms with Crippen molar-refractivity contribution in [3.05, 3.63) is 35.0 Å². The number of carboxylic acid groups (broad SMARTS) is 1. The molecule has 86 valence electrons. The van der Waals surface area contributed by atoms with Crippen LogP contribution in [0.1, 0.15) is 4.88 Å². The molecule has 2 N–H and O–H groups in total. The maximum absolute atomic E-state index is 10.9. The van der Waals surface area contributed by atoms with Crippen LogP contribution in [0.3, 0.4) is 0 Å². The van der Waals surface area contributed by atoms with E-state index in [2.05, 4.69) is 11.7 Å². The maximum atomic E-state index is 10.9. The topological polar surface area (TPSA) is 73.1 Å². The van der Waals surface area contributed by atoms with E-state index in [0.717, 1.165) is 9.78 Å². The van der Waals surface area contributed by atoms with Crippen LogP contribution in [-0.4, -0.2) is 40.1 Å². The predicted octanol–water partition coefficient (Wildman–Crippen LogP) is 2.09. The lowest BCUT2D eigenvalue weighted by molar-refractivity contribution is 0.156. The van der Waals surface area contributed by atoms with Crippen LogP contribution in [0.25, 0.3) is 0 Å². The van der Waals surface area contributed by atoms with E-state index < -0.39 is 6.09 Å². The molecule has 0 fully saturated rings. The summed E-state index contributed by atoms with van der Waals surface area (Å²) in [6.45, 7) is 3.71. The van der Waals surface area contributed by atoms with Gasteiger partial charge in [-0.3, -0.25) is 4.90 Å². The van der Waals surface area contributed by atoms with Crippen LogP contribution in [0.2, 0.25) is 0 Å². The minimum Gasteiger partial charge on any atom is -0.465 e. The summed E-state index contributed by atoms with van der Waals surface area (Å²) in [6.07, 6.45) is 0.412. The third-order valence-corrected chi connectivity index (χ3v) is 2.81. The Kier molecular flexibility index (Phi) is 4.53. The van der Waals surface area contributed by atoms with Crippen molar-refractivity contribution in [1.82, 2.24) is 4.90 Å². The molecular formula is C10H12N2O3S. The van der Waals surface area contributed by atoms with Gasteiger partial charge in [-0.15, -0.1) is 17.9 Å². The van der Waals surface area contributed by atoms with Crippen LogP contribution < -0.4 is 0 Å². The first kappa shape index (κ1) is 12.3. The van der Waals surface area contributed by atoms with E-state index in [1.807, 2.05) is 11.4 Å². The zero-order valence-corrected chi connectivity index (χ0v) is 9.35. The largest absolute Gasteiger partial charge is 0.465 e. The Morgan fingerprint density at radius 1 is 1.69 bits per heavy atom. The molecule has 1 heterocycles. The summed E-state index contributed by atoms with van der Waals surface area (Å²) in [5, 5.41) is 22.7. The molecule has 6 heteroatoms. The van der Waals surface area contributed by atoms with Gasteiger partial charge in [0.1, 0.15) is 5.71 Å². The molecule has 0 spiro atoms. The zero-order valence-electron chi connectivity index (χ0n) is 8.54. The first-order valence-electron chi connectivity index (χ1n) is 4.52. The zero-order chi connectivity index (χ0) is 12.0. The van der Waals surface area contributed by atoms with Crippen LogP contribution >= 0.6 is 11.3 Å². The number of rotatable bonds is 5. The Hall–Kier alpha value is -1.82. The smallest absolute Gasteiger partial charge is 0.407 e. The number of nitrogens with zero attached hydrogens (tertiary/aromatic N) is 2. The van der Waals surface area contributed by atoms with Crippen molar-refractivity contribution in [3.63, 3.8) is 0 Å². The lowest BCUT2D eigenvalue weighted by atomic mass is 10.3. The molecule has 0 saturated carbocycles. The van der Waals surface area contributed by atoms with Gasteiger partial charge in [-0.2, -0.15) is 0 Å². The third kappa shape index (κ3) is 3.09. The fraction of sp³-hybridized carbons (Fsp3) is 0.200. The van der Waals surface area contributed by atoms with E-state index in [-0.39, 0.29) is 13.1 Å². The van der Waals surface area contributed by atoms with E-state index in [0.29, 0.717) is 5.71 Å². The van der Waals surface area contributed by atoms with Crippen molar-refractivity contribution < 1.29 is 15.1 Å². The van der Waals surface area contributed by atoms with Crippen LogP contribution in [0.4, 0.5) is 4.79 Å². The lowest BCUT2D eigenvalue weighted by Crippen LogP contribution is -2.34. The standard InChI is InChI=1S/C10H12N2O3S/c1-2-5-12(10(13)14)7-8(11-15)9-4-3-6-16-9/h2-4,6,15H,1,5,7H2,(H,13,14). The molecule has 0 aromatic carbocycles. The molecule has 0 saturated heterocycles. The Bertz CT molecular complexity index is 387. The van der Waals surface area contributed by atoms with Crippen molar-refractivity contribution in [2.75, 3.05) is 13.1 Å². The SMILES string of the molecule is C=CCN(CC(=NO)c1cccs1)C(=O)O. The highest BCUT2D eigenvalue weighted by Gasteiger charge is 2.15. The highest BCUT2D eigenvalue weighted by Crippen LogP contribution is 2.11. The Morgan fingerprint density at radius 2 is 2.44 bits per heavy atom. The molecule has 0 aliphatic carbocycles. The van der Waals surface area contributed by atoms with Crippen molar-refractivity contribution in [1.29, 1.82) is 0 Å². The van der Waals surface area contributed by atoms with E-state index in [9.17, 15) is 4.79 Å². The summed E-state index contributed by atoms with van der Waals surface area (Å²) in [5.74, 6) is 0. The Labute approximate surface area is 96.9 Å². The number of carbonyl (C=O) groups is 1. The van der Waals surface area contributed by atoms with Gasteiger partial charge in [-0.1, -0.05) is 17.3 Å². The monoisotopic (exact) mass is 240 g/mol. The molecule has 0 bridgehead atoms. The van der Waals surface area contributed by atoms with Gasteiger partial charge in [0.25, 0.3) is 0 Å². The molecule has 1 aromatic rings. The van der Waals surface area contributed by atoms with Crippen LogP contribution in [0, 0.1) is 0 Å². The molecule has 0 aliphatic heterocycles. The summed E-state index contributed by atoms with van der Waals surface area (Å²) in [4.78, 5) is 12.7. The van der Waals surface area contributed by atoms with Crippen molar-refractivity contribution in [2.24, 2.45) is 5.16 Å². The molecule has 16 heavy (non-hydrogen) atoms. The maximum Gasteiger partial charge on any atom is 0.407 e. The predicted molar refractivity (Wildman–Crippen MR) is 62.4 cm³/mol. The van der Waals surface area contributed by atoms with Crippen molar-refractivity contribution in [2.45, 2.75) is 0 Å². The average molecular weight is 240 g/mol. The van der Waals surface area contributed by atoms with E-state index >= 15 is 0 Å². The van der Waals surface area contributed by atoms with Gasteiger partial charge in [0.05, 0.1) is 11.4 Å². The molecule has 0 unspecified atom stereocenters. The third-order valence-electron chi connectivity index (χ3n) is 1.89. The van der Waals surface area contributed by atoms with Crippen LogP contribution in [0.5, 0.6) is 0 Å². The summed E-state index contributed by atoms with van der Waals surface area (Å²) in [7, 11) is 0. The van der Waals surface area contributed by atoms with Gasteiger partial charge in [-0.05, 0) is 11.4 Å². The van der Waals surface area contributed by atoms with Crippen LogP contribution in [-0.2, 0) is 0 Å². The number of oxime groups is 1. The van der Waals surface area contributed by atoms with Gasteiger partial charge in [-0.25, -0.2) is 4.79 Å². The van der Waals surface area contributed by atoms with Gasteiger partial charge in [0, 0.05) is 6.54 Å². The van der Waals surface area contributed by atoms with Gasteiger partial charge >= 0.3 is 6.09 Å². The minimum absolute atomic E-state index is 0.0400. The molecule has 1 aromatic heterocycles. The molecule has 5 nitrogen and oxygen atoms in total. The van der Waals surface area contributed by atoms with Gasteiger partial charge in [0.2, 0.25) is 0 Å². The highest BCUT2D eigenvalue weighted by atomic mass is 32.1. The summed E-state index contributed by atoms with van der Waals surface area (Å²) in [6, 6.07) is 3.58. The van der Waals surface area contributed by atoms with Crippen molar-refractivity contribution >= 4 is 23.1 Å². The molecule has 1 amide bonds. The van der Waals surface area contributed by atoms with Crippen LogP contribution in [0.15, 0.2) is 35.3 Å². The average Bonchev–Trinajstić information content (AvgIpc) is 2.77. The fourth-order valence-corrected chi connectivity index (χ4v) is 1.85. The Morgan fingerprint density at radius 3 is 2.88 bits per heavy atom. The molecule has 0 radical (unpaired) electrons. The van der Waals surface area contributed by atoms with E-state index in [1.54, 1.807) is 6.07 Å². The van der Waals surface area contributed by atoms with Gasteiger partial charge in [0.15, 0.2) is 0 Å². The molecule has 0 atom stereocenters. The normalized spacial score (nSPS) is 11.1. The minimum atomic E-state index is -1.07. The number of hydrogen-bond donors (Lipinski definition) is 2. The van der Waals surface area contributed by atoms with E-state index in [4.69, 9.17) is 10.3 Å². The number of amides is 1.